The minimum absolute atomic E-state index is 0.258. The molecular weight excluding hydrogens is 341 g/mol. The van der Waals surface area contributed by atoms with E-state index in [9.17, 15) is 23.1 Å². The van der Waals surface area contributed by atoms with Gasteiger partial charge in [-0.15, -0.1) is 11.8 Å². The van der Waals surface area contributed by atoms with Crippen LogP contribution in [0.3, 0.4) is 0 Å². The number of carboxylic acid groups (broad SMARTS) is 1. The predicted molar refractivity (Wildman–Crippen MR) is 86.1 cm³/mol. The molecule has 1 unspecified atom stereocenters. The first-order chi connectivity index (χ1) is 11.3. The van der Waals surface area contributed by atoms with Crippen molar-refractivity contribution in [2.24, 2.45) is 0 Å². The first-order valence-corrected chi connectivity index (χ1v) is 8.01. The third kappa shape index (κ3) is 4.44. The topological polar surface area (TPSA) is 46.5 Å². The molecule has 0 radical (unpaired) electrons. The first kappa shape index (κ1) is 18.2. The summed E-state index contributed by atoms with van der Waals surface area (Å²) in [4.78, 5) is 11.5. The Morgan fingerprint density at radius 2 is 1.88 bits per heavy atom. The zero-order chi connectivity index (χ0) is 17.7. The number of carboxylic acids is 1. The summed E-state index contributed by atoms with van der Waals surface area (Å²) in [6.45, 7) is 0. The lowest BCUT2D eigenvalue weighted by Crippen LogP contribution is -2.11. The van der Waals surface area contributed by atoms with Gasteiger partial charge >= 0.3 is 12.1 Å². The van der Waals surface area contributed by atoms with Crippen LogP contribution in [0.2, 0.25) is 0 Å². The number of rotatable bonds is 6. The molecule has 1 atom stereocenters. The van der Waals surface area contributed by atoms with Gasteiger partial charge in [-0.3, -0.25) is 4.79 Å². The van der Waals surface area contributed by atoms with Crippen molar-refractivity contribution < 1.29 is 27.8 Å². The van der Waals surface area contributed by atoms with Crippen LogP contribution in [0.5, 0.6) is 5.75 Å². The molecule has 0 aromatic heterocycles. The molecule has 24 heavy (non-hydrogen) atoms. The molecule has 0 aliphatic carbocycles. The van der Waals surface area contributed by atoms with Crippen molar-refractivity contribution in [2.75, 3.05) is 7.11 Å². The summed E-state index contributed by atoms with van der Waals surface area (Å²) in [7, 11) is 1.13. The Kier molecular flexibility index (Phi) is 5.77. The van der Waals surface area contributed by atoms with Crippen LogP contribution in [0.25, 0.3) is 0 Å². The lowest BCUT2D eigenvalue weighted by molar-refractivity contribution is -0.138. The highest BCUT2D eigenvalue weighted by Gasteiger charge is 2.35. The van der Waals surface area contributed by atoms with Crippen LogP contribution in [-0.4, -0.2) is 18.2 Å². The van der Waals surface area contributed by atoms with Crippen molar-refractivity contribution in [3.63, 3.8) is 0 Å². The molecule has 0 fully saturated rings. The second-order valence-corrected chi connectivity index (χ2v) is 6.07. The zero-order valence-electron chi connectivity index (χ0n) is 12.7. The Labute approximate surface area is 141 Å². The number of thioether (sulfide) groups is 1. The van der Waals surface area contributed by atoms with Crippen LogP contribution < -0.4 is 4.74 Å². The number of methoxy groups -OCH3 is 1. The van der Waals surface area contributed by atoms with Gasteiger partial charge in [0.25, 0.3) is 0 Å². The Balaban J connectivity index is 2.26. The van der Waals surface area contributed by atoms with E-state index in [1.165, 1.54) is 6.07 Å². The van der Waals surface area contributed by atoms with Gasteiger partial charge in [0.05, 0.1) is 12.7 Å². The number of carbonyl (C=O) groups is 1. The number of benzene rings is 2. The molecule has 0 bridgehead atoms. The molecular formula is C17H15F3O3S. The Hall–Kier alpha value is -2.15. The van der Waals surface area contributed by atoms with Crippen molar-refractivity contribution in [1.82, 2.24) is 0 Å². The van der Waals surface area contributed by atoms with Crippen molar-refractivity contribution in [3.8, 4) is 5.75 Å². The Morgan fingerprint density at radius 3 is 2.42 bits per heavy atom. The maximum Gasteiger partial charge on any atom is 0.419 e. The minimum Gasteiger partial charge on any atom is -0.496 e. The van der Waals surface area contributed by atoms with Gasteiger partial charge in [0.1, 0.15) is 11.0 Å². The summed E-state index contributed by atoms with van der Waals surface area (Å²) in [6, 6.07) is 12.4. The average molecular weight is 356 g/mol. The fraction of sp³-hybridized carbons (Fsp3) is 0.235. The van der Waals surface area contributed by atoms with Crippen molar-refractivity contribution >= 4 is 17.7 Å². The van der Waals surface area contributed by atoms with Crippen molar-refractivity contribution in [3.05, 3.63) is 65.2 Å². The fourth-order valence-electron chi connectivity index (χ4n) is 2.17. The van der Waals surface area contributed by atoms with E-state index >= 15 is 0 Å². The molecule has 0 saturated heterocycles. The number of ether oxygens (including phenoxy) is 1. The molecule has 3 nitrogen and oxygen atoms in total. The highest BCUT2D eigenvalue weighted by molar-refractivity contribution is 7.99. The lowest BCUT2D eigenvalue weighted by atomic mass is 10.1. The molecule has 2 aromatic carbocycles. The average Bonchev–Trinajstić information content (AvgIpc) is 2.54. The SMILES string of the molecule is COc1cc(C(SCc2ccccc2)C(=O)O)ccc1C(F)(F)F. The van der Waals surface area contributed by atoms with Crippen LogP contribution in [0.15, 0.2) is 48.5 Å². The van der Waals surface area contributed by atoms with E-state index < -0.39 is 23.0 Å². The van der Waals surface area contributed by atoms with Gasteiger partial charge in [-0.25, -0.2) is 0 Å². The van der Waals surface area contributed by atoms with Crippen LogP contribution in [0, 0.1) is 0 Å². The van der Waals surface area contributed by atoms with Gasteiger partial charge < -0.3 is 9.84 Å². The molecule has 7 heteroatoms. The van der Waals surface area contributed by atoms with Gasteiger partial charge in [0, 0.05) is 5.75 Å². The summed E-state index contributed by atoms with van der Waals surface area (Å²) in [5.41, 5.74) is 0.270. The van der Waals surface area contributed by atoms with Gasteiger partial charge in [-0.2, -0.15) is 13.2 Å². The van der Waals surface area contributed by atoms with Crippen molar-refractivity contribution in [2.45, 2.75) is 17.2 Å². The normalized spacial score (nSPS) is 12.7. The summed E-state index contributed by atoms with van der Waals surface area (Å²) in [6.07, 6.45) is -4.56. The minimum atomic E-state index is -4.56. The third-order valence-electron chi connectivity index (χ3n) is 3.32. The fourth-order valence-corrected chi connectivity index (χ4v) is 3.20. The van der Waals surface area contributed by atoms with Crippen LogP contribution in [0.4, 0.5) is 13.2 Å². The maximum absolute atomic E-state index is 12.9. The summed E-state index contributed by atoms with van der Waals surface area (Å²) < 4.78 is 43.5. The number of alkyl halides is 3. The van der Waals surface area contributed by atoms with Crippen LogP contribution in [-0.2, 0) is 16.7 Å². The highest BCUT2D eigenvalue weighted by Crippen LogP contribution is 2.40. The van der Waals surface area contributed by atoms with E-state index in [1.54, 1.807) is 0 Å². The standard InChI is InChI=1S/C17H15F3O3S/c1-23-14-9-12(7-8-13(14)17(18,19)20)15(16(21)22)24-10-11-5-3-2-4-6-11/h2-9,15H,10H2,1H3,(H,21,22). The molecule has 2 aromatic rings. The second kappa shape index (κ2) is 7.61. The Morgan fingerprint density at radius 1 is 1.21 bits per heavy atom. The number of halogens is 3. The molecule has 2 rings (SSSR count). The number of aliphatic carboxylic acids is 1. The largest absolute Gasteiger partial charge is 0.496 e. The van der Waals surface area contributed by atoms with E-state index in [2.05, 4.69) is 0 Å². The highest BCUT2D eigenvalue weighted by atomic mass is 32.2. The quantitative estimate of drug-likeness (QED) is 0.810. The zero-order valence-corrected chi connectivity index (χ0v) is 13.5. The lowest BCUT2D eigenvalue weighted by Gasteiger charge is -2.17. The summed E-state index contributed by atoms with van der Waals surface area (Å²) in [5.74, 6) is -1.06. The molecule has 1 N–H and O–H groups in total. The Bertz CT molecular complexity index is 702. The number of hydrogen-bond donors (Lipinski definition) is 1. The third-order valence-corrected chi connectivity index (χ3v) is 4.62. The predicted octanol–water partition coefficient (Wildman–Crippen LogP) is 4.77. The summed E-state index contributed by atoms with van der Waals surface area (Å²) >= 11 is 1.13. The second-order valence-electron chi connectivity index (χ2n) is 4.97. The van der Waals surface area contributed by atoms with E-state index in [-0.39, 0.29) is 11.3 Å². The number of hydrogen-bond acceptors (Lipinski definition) is 3. The summed E-state index contributed by atoms with van der Waals surface area (Å²) in [5, 5.41) is 8.43. The molecule has 0 amide bonds. The molecule has 0 saturated carbocycles. The molecule has 0 aliphatic heterocycles. The van der Waals surface area contributed by atoms with Crippen LogP contribution >= 0.6 is 11.8 Å². The molecule has 0 heterocycles. The van der Waals surface area contributed by atoms with Gasteiger partial charge in [0.15, 0.2) is 0 Å². The van der Waals surface area contributed by atoms with E-state index in [1.807, 2.05) is 30.3 Å². The van der Waals surface area contributed by atoms with Gasteiger partial charge in [0.2, 0.25) is 0 Å². The van der Waals surface area contributed by atoms with E-state index in [0.29, 0.717) is 5.75 Å². The molecule has 0 aliphatic rings. The van der Waals surface area contributed by atoms with Gasteiger partial charge in [-0.1, -0.05) is 36.4 Å². The maximum atomic E-state index is 12.9. The van der Waals surface area contributed by atoms with E-state index in [0.717, 1.165) is 36.6 Å². The van der Waals surface area contributed by atoms with Gasteiger partial charge in [-0.05, 0) is 23.3 Å². The smallest absolute Gasteiger partial charge is 0.419 e. The van der Waals surface area contributed by atoms with E-state index in [4.69, 9.17) is 4.74 Å². The first-order valence-electron chi connectivity index (χ1n) is 6.96. The van der Waals surface area contributed by atoms with Crippen molar-refractivity contribution in [1.29, 1.82) is 0 Å². The van der Waals surface area contributed by atoms with Crippen LogP contribution in [0.1, 0.15) is 21.9 Å². The molecule has 128 valence electrons. The molecule has 0 spiro atoms. The monoisotopic (exact) mass is 356 g/mol.